The second kappa shape index (κ2) is 6.09. The van der Waals surface area contributed by atoms with Crippen LogP contribution in [0.15, 0.2) is 67.0 Å². The molecule has 0 aliphatic rings. The molecule has 0 atom stereocenters. The molecule has 0 saturated heterocycles. The maximum absolute atomic E-state index is 4.40. The summed E-state index contributed by atoms with van der Waals surface area (Å²) in [6.45, 7) is 0.771. The van der Waals surface area contributed by atoms with Crippen molar-refractivity contribution in [1.29, 1.82) is 0 Å². The normalized spacial score (nSPS) is 10.4. The first-order valence-corrected chi connectivity index (χ1v) is 7.48. The quantitative estimate of drug-likeness (QED) is 0.697. The topological polar surface area (TPSA) is 29.9 Å². The SMILES string of the molecule is Ic1ccccc1NCc1cnn(-c2ccccc2)c1. The fourth-order valence-corrected chi connectivity index (χ4v) is 2.55. The van der Waals surface area contributed by atoms with Crippen LogP contribution < -0.4 is 5.32 Å². The van der Waals surface area contributed by atoms with Crippen LogP contribution in [0.25, 0.3) is 5.69 Å². The van der Waals surface area contributed by atoms with Crippen molar-refractivity contribution in [1.82, 2.24) is 9.78 Å². The molecule has 3 nitrogen and oxygen atoms in total. The van der Waals surface area contributed by atoms with Gasteiger partial charge in [0.15, 0.2) is 0 Å². The van der Waals surface area contributed by atoms with Gasteiger partial charge in [0.2, 0.25) is 0 Å². The molecule has 2 aromatic carbocycles. The number of hydrogen-bond donors (Lipinski definition) is 1. The van der Waals surface area contributed by atoms with Crippen LogP contribution in [0.4, 0.5) is 5.69 Å². The lowest BCUT2D eigenvalue weighted by Crippen LogP contribution is -2.00. The van der Waals surface area contributed by atoms with Crippen LogP contribution in [0.1, 0.15) is 5.56 Å². The van der Waals surface area contributed by atoms with Crippen molar-refractivity contribution in [3.05, 3.63) is 76.1 Å². The van der Waals surface area contributed by atoms with Crippen molar-refractivity contribution in [2.45, 2.75) is 6.54 Å². The van der Waals surface area contributed by atoms with Crippen LogP contribution in [-0.4, -0.2) is 9.78 Å². The molecule has 0 fully saturated rings. The zero-order valence-electron chi connectivity index (χ0n) is 10.8. The highest BCUT2D eigenvalue weighted by Crippen LogP contribution is 2.18. The first-order valence-electron chi connectivity index (χ1n) is 6.40. The summed E-state index contributed by atoms with van der Waals surface area (Å²) >= 11 is 2.33. The molecule has 4 heteroatoms. The van der Waals surface area contributed by atoms with Gasteiger partial charge in [-0.2, -0.15) is 5.10 Å². The first-order chi connectivity index (χ1) is 9.83. The van der Waals surface area contributed by atoms with E-state index >= 15 is 0 Å². The summed E-state index contributed by atoms with van der Waals surface area (Å²) in [4.78, 5) is 0. The van der Waals surface area contributed by atoms with Gasteiger partial charge in [-0.3, -0.25) is 0 Å². The summed E-state index contributed by atoms with van der Waals surface area (Å²) in [5, 5.41) is 7.83. The molecule has 1 aromatic heterocycles. The van der Waals surface area contributed by atoms with Crippen LogP contribution in [-0.2, 0) is 6.54 Å². The van der Waals surface area contributed by atoms with Gasteiger partial charge < -0.3 is 5.32 Å². The number of aromatic nitrogens is 2. The van der Waals surface area contributed by atoms with Crippen LogP contribution in [0.2, 0.25) is 0 Å². The Labute approximate surface area is 131 Å². The summed E-state index contributed by atoms with van der Waals surface area (Å²) in [7, 11) is 0. The average Bonchev–Trinajstić information content (AvgIpc) is 2.96. The van der Waals surface area contributed by atoms with E-state index < -0.39 is 0 Å². The Morgan fingerprint density at radius 2 is 1.75 bits per heavy atom. The predicted molar refractivity (Wildman–Crippen MR) is 90.0 cm³/mol. The highest BCUT2D eigenvalue weighted by Gasteiger charge is 2.02. The Morgan fingerprint density at radius 3 is 2.55 bits per heavy atom. The fraction of sp³-hybridized carbons (Fsp3) is 0.0625. The van der Waals surface area contributed by atoms with Gasteiger partial charge in [0, 0.05) is 27.6 Å². The second-order valence-corrected chi connectivity index (χ2v) is 5.62. The largest absolute Gasteiger partial charge is 0.380 e. The first kappa shape index (κ1) is 13.2. The average molecular weight is 375 g/mol. The van der Waals surface area contributed by atoms with Gasteiger partial charge in [0.05, 0.1) is 11.9 Å². The molecule has 0 bridgehead atoms. The molecule has 100 valence electrons. The number of hydrogen-bond acceptors (Lipinski definition) is 2. The molecule has 0 radical (unpaired) electrons. The Morgan fingerprint density at radius 1 is 1.00 bits per heavy atom. The zero-order valence-corrected chi connectivity index (χ0v) is 13.0. The lowest BCUT2D eigenvalue weighted by atomic mass is 10.3. The minimum absolute atomic E-state index is 0.771. The number of benzene rings is 2. The van der Waals surface area contributed by atoms with Crippen LogP contribution >= 0.6 is 22.6 Å². The van der Waals surface area contributed by atoms with Crippen molar-refractivity contribution in [2.24, 2.45) is 0 Å². The maximum Gasteiger partial charge on any atom is 0.0645 e. The summed E-state index contributed by atoms with van der Waals surface area (Å²) in [6.07, 6.45) is 3.95. The zero-order chi connectivity index (χ0) is 13.8. The van der Waals surface area contributed by atoms with Gasteiger partial charge >= 0.3 is 0 Å². The monoisotopic (exact) mass is 375 g/mol. The van der Waals surface area contributed by atoms with E-state index in [0.717, 1.165) is 23.5 Å². The van der Waals surface area contributed by atoms with Crippen LogP contribution in [0, 0.1) is 3.57 Å². The minimum atomic E-state index is 0.771. The molecule has 0 aliphatic carbocycles. The molecule has 1 heterocycles. The summed E-state index contributed by atoms with van der Waals surface area (Å²) < 4.78 is 3.12. The third-order valence-electron chi connectivity index (χ3n) is 3.01. The number of para-hydroxylation sites is 2. The molecule has 20 heavy (non-hydrogen) atoms. The highest BCUT2D eigenvalue weighted by molar-refractivity contribution is 14.1. The number of anilines is 1. The number of nitrogens with one attached hydrogen (secondary N) is 1. The Hall–Kier alpha value is -1.82. The molecule has 3 aromatic rings. The summed E-state index contributed by atoms with van der Waals surface area (Å²) in [6, 6.07) is 18.4. The molecule has 0 unspecified atom stereocenters. The Balaban J connectivity index is 1.71. The van der Waals surface area contributed by atoms with E-state index in [9.17, 15) is 0 Å². The number of rotatable bonds is 4. The van der Waals surface area contributed by atoms with E-state index in [2.05, 4.69) is 51.3 Å². The Bertz CT molecular complexity index is 692. The number of halogens is 1. The highest BCUT2D eigenvalue weighted by atomic mass is 127. The summed E-state index contributed by atoms with van der Waals surface area (Å²) in [5.74, 6) is 0. The number of nitrogens with zero attached hydrogens (tertiary/aromatic N) is 2. The lowest BCUT2D eigenvalue weighted by molar-refractivity contribution is 0.880. The van der Waals surface area contributed by atoms with Crippen LogP contribution in [0.3, 0.4) is 0 Å². The standard InChI is InChI=1S/C16H14IN3/c17-15-8-4-5-9-16(15)18-10-13-11-19-20(12-13)14-6-2-1-3-7-14/h1-9,11-12,18H,10H2. The van der Waals surface area contributed by atoms with Gasteiger partial charge in [0.1, 0.15) is 0 Å². The molecular weight excluding hydrogens is 361 g/mol. The van der Waals surface area contributed by atoms with Gasteiger partial charge in [-0.15, -0.1) is 0 Å². The van der Waals surface area contributed by atoms with E-state index in [-0.39, 0.29) is 0 Å². The molecule has 3 rings (SSSR count). The van der Waals surface area contributed by atoms with E-state index in [0.29, 0.717) is 0 Å². The fourth-order valence-electron chi connectivity index (χ4n) is 1.98. The molecule has 1 N–H and O–H groups in total. The van der Waals surface area contributed by atoms with Crippen molar-refractivity contribution >= 4 is 28.3 Å². The van der Waals surface area contributed by atoms with Crippen LogP contribution in [0.5, 0.6) is 0 Å². The van der Waals surface area contributed by atoms with E-state index in [1.165, 1.54) is 3.57 Å². The molecule has 0 amide bonds. The maximum atomic E-state index is 4.40. The van der Waals surface area contributed by atoms with Gasteiger partial charge in [-0.1, -0.05) is 30.3 Å². The van der Waals surface area contributed by atoms with Gasteiger partial charge in [-0.05, 0) is 46.9 Å². The van der Waals surface area contributed by atoms with Crippen molar-refractivity contribution in [2.75, 3.05) is 5.32 Å². The minimum Gasteiger partial charge on any atom is -0.380 e. The van der Waals surface area contributed by atoms with Gasteiger partial charge in [0.25, 0.3) is 0 Å². The van der Waals surface area contributed by atoms with Crippen molar-refractivity contribution in [3.63, 3.8) is 0 Å². The van der Waals surface area contributed by atoms with E-state index in [1.807, 2.05) is 53.3 Å². The van der Waals surface area contributed by atoms with Crippen molar-refractivity contribution < 1.29 is 0 Å². The Kier molecular flexibility index (Phi) is 4.01. The second-order valence-electron chi connectivity index (χ2n) is 4.46. The third-order valence-corrected chi connectivity index (χ3v) is 3.95. The van der Waals surface area contributed by atoms with Gasteiger partial charge in [-0.25, -0.2) is 4.68 Å². The third kappa shape index (κ3) is 3.01. The van der Waals surface area contributed by atoms with Crippen molar-refractivity contribution in [3.8, 4) is 5.69 Å². The molecular formula is C16H14IN3. The van der Waals surface area contributed by atoms with E-state index in [1.54, 1.807) is 0 Å². The summed E-state index contributed by atoms with van der Waals surface area (Å²) in [5.41, 5.74) is 3.39. The molecule has 0 aliphatic heterocycles. The predicted octanol–water partition coefficient (Wildman–Crippen LogP) is 4.09. The molecule has 0 spiro atoms. The van der Waals surface area contributed by atoms with E-state index in [4.69, 9.17) is 0 Å². The molecule has 0 saturated carbocycles. The lowest BCUT2D eigenvalue weighted by Gasteiger charge is -2.06. The smallest absolute Gasteiger partial charge is 0.0645 e.